The van der Waals surface area contributed by atoms with Crippen molar-refractivity contribution in [2.75, 3.05) is 5.32 Å². The standard InChI is InChI=1S/C14H11Br2ClN2O2/c1-8-4-12(16)13(6-14(8)19(20)21)18-7-9-5-10(17)2-3-11(9)15/h2-6,18H,7H2,1H3. The minimum atomic E-state index is -0.387. The van der Waals surface area contributed by atoms with Gasteiger partial charge in [-0.25, -0.2) is 0 Å². The number of nitro benzene ring substituents is 1. The second-order valence-electron chi connectivity index (χ2n) is 4.46. The van der Waals surface area contributed by atoms with Crippen LogP contribution in [-0.2, 0) is 6.54 Å². The van der Waals surface area contributed by atoms with Gasteiger partial charge in [0.1, 0.15) is 0 Å². The monoisotopic (exact) mass is 432 g/mol. The van der Waals surface area contributed by atoms with E-state index < -0.39 is 0 Å². The van der Waals surface area contributed by atoms with Crippen LogP contribution < -0.4 is 5.32 Å². The zero-order chi connectivity index (χ0) is 15.6. The van der Waals surface area contributed by atoms with E-state index in [0.717, 1.165) is 14.5 Å². The lowest BCUT2D eigenvalue weighted by molar-refractivity contribution is -0.385. The number of aryl methyl sites for hydroxylation is 1. The van der Waals surface area contributed by atoms with Crippen LogP contribution in [0.2, 0.25) is 5.02 Å². The van der Waals surface area contributed by atoms with Crippen LogP contribution >= 0.6 is 43.5 Å². The van der Waals surface area contributed by atoms with Gasteiger partial charge in [-0.15, -0.1) is 0 Å². The molecular formula is C14H11Br2ClN2O2. The second-order valence-corrected chi connectivity index (χ2v) is 6.61. The first-order valence-corrected chi connectivity index (χ1v) is 7.97. The number of hydrogen-bond donors (Lipinski definition) is 1. The van der Waals surface area contributed by atoms with Crippen LogP contribution in [-0.4, -0.2) is 4.92 Å². The van der Waals surface area contributed by atoms with Gasteiger partial charge in [0.25, 0.3) is 5.69 Å². The molecule has 2 aromatic rings. The van der Waals surface area contributed by atoms with Crippen molar-refractivity contribution in [3.8, 4) is 0 Å². The Morgan fingerprint density at radius 3 is 2.62 bits per heavy atom. The van der Waals surface area contributed by atoms with Gasteiger partial charge in [0, 0.05) is 32.1 Å². The second kappa shape index (κ2) is 6.77. The van der Waals surface area contributed by atoms with Crippen molar-refractivity contribution < 1.29 is 4.92 Å². The van der Waals surface area contributed by atoms with Crippen molar-refractivity contribution >= 4 is 54.8 Å². The maximum Gasteiger partial charge on any atom is 0.274 e. The molecule has 4 nitrogen and oxygen atoms in total. The van der Waals surface area contributed by atoms with Crippen molar-refractivity contribution in [1.29, 1.82) is 0 Å². The fraction of sp³-hybridized carbons (Fsp3) is 0.143. The first-order valence-electron chi connectivity index (χ1n) is 6.01. The molecule has 0 aliphatic carbocycles. The topological polar surface area (TPSA) is 55.2 Å². The summed E-state index contributed by atoms with van der Waals surface area (Å²) in [6, 6.07) is 8.76. The van der Waals surface area contributed by atoms with E-state index in [1.807, 2.05) is 12.1 Å². The molecule has 2 aromatic carbocycles. The molecule has 2 rings (SSSR count). The molecule has 7 heteroatoms. The van der Waals surface area contributed by atoms with Gasteiger partial charge in [-0.1, -0.05) is 27.5 Å². The highest BCUT2D eigenvalue weighted by Gasteiger charge is 2.14. The Morgan fingerprint density at radius 1 is 1.24 bits per heavy atom. The first kappa shape index (κ1) is 16.3. The van der Waals surface area contributed by atoms with E-state index >= 15 is 0 Å². The summed E-state index contributed by atoms with van der Waals surface area (Å²) < 4.78 is 1.71. The summed E-state index contributed by atoms with van der Waals surface area (Å²) in [5.74, 6) is 0. The number of nitro groups is 1. The zero-order valence-electron chi connectivity index (χ0n) is 11.0. The third kappa shape index (κ3) is 3.96. The minimum absolute atomic E-state index is 0.0888. The molecule has 1 N–H and O–H groups in total. The summed E-state index contributed by atoms with van der Waals surface area (Å²) in [7, 11) is 0. The number of anilines is 1. The molecule has 0 aliphatic rings. The highest BCUT2D eigenvalue weighted by atomic mass is 79.9. The lowest BCUT2D eigenvalue weighted by Crippen LogP contribution is -2.02. The van der Waals surface area contributed by atoms with Crippen LogP contribution in [0.1, 0.15) is 11.1 Å². The fourth-order valence-corrected chi connectivity index (χ4v) is 3.04. The van der Waals surface area contributed by atoms with Gasteiger partial charge in [0.15, 0.2) is 0 Å². The summed E-state index contributed by atoms with van der Waals surface area (Å²) in [5.41, 5.74) is 2.34. The third-order valence-corrected chi connectivity index (χ3v) is 4.62. The molecular weight excluding hydrogens is 423 g/mol. The first-order chi connectivity index (χ1) is 9.88. The number of nitrogens with one attached hydrogen (secondary N) is 1. The molecule has 0 aliphatic heterocycles. The molecule has 0 fully saturated rings. The van der Waals surface area contributed by atoms with E-state index in [-0.39, 0.29) is 10.6 Å². The van der Waals surface area contributed by atoms with Gasteiger partial charge < -0.3 is 5.32 Å². The highest BCUT2D eigenvalue weighted by Crippen LogP contribution is 2.31. The quantitative estimate of drug-likeness (QED) is 0.497. The van der Waals surface area contributed by atoms with Crippen LogP contribution in [0.4, 0.5) is 11.4 Å². The van der Waals surface area contributed by atoms with Gasteiger partial charge in [0.2, 0.25) is 0 Å². The zero-order valence-corrected chi connectivity index (χ0v) is 14.9. The molecule has 0 bridgehead atoms. The predicted molar refractivity (Wildman–Crippen MR) is 92.0 cm³/mol. The number of hydrogen-bond acceptors (Lipinski definition) is 3. The SMILES string of the molecule is Cc1cc(Br)c(NCc2cc(Cl)ccc2Br)cc1[N+](=O)[O-]. The summed E-state index contributed by atoms with van der Waals surface area (Å²) >= 11 is 12.8. The normalized spacial score (nSPS) is 10.5. The Morgan fingerprint density at radius 2 is 1.95 bits per heavy atom. The summed E-state index contributed by atoms with van der Waals surface area (Å²) in [4.78, 5) is 10.6. The Balaban J connectivity index is 2.25. The largest absolute Gasteiger partial charge is 0.380 e. The van der Waals surface area contributed by atoms with Crippen molar-refractivity contribution in [2.45, 2.75) is 13.5 Å². The highest BCUT2D eigenvalue weighted by molar-refractivity contribution is 9.11. The van der Waals surface area contributed by atoms with Crippen LogP contribution in [0.3, 0.4) is 0 Å². The number of rotatable bonds is 4. The fourth-order valence-electron chi connectivity index (χ4n) is 1.86. The van der Waals surface area contributed by atoms with E-state index in [4.69, 9.17) is 11.6 Å². The Hall–Kier alpha value is -1.11. The molecule has 0 heterocycles. The maximum atomic E-state index is 11.0. The van der Waals surface area contributed by atoms with Crippen molar-refractivity contribution in [2.24, 2.45) is 0 Å². The van der Waals surface area contributed by atoms with E-state index in [9.17, 15) is 10.1 Å². The van der Waals surface area contributed by atoms with Crippen molar-refractivity contribution in [1.82, 2.24) is 0 Å². The van der Waals surface area contributed by atoms with Crippen LogP contribution in [0, 0.1) is 17.0 Å². The smallest absolute Gasteiger partial charge is 0.274 e. The van der Waals surface area contributed by atoms with Crippen molar-refractivity contribution in [3.05, 3.63) is 65.5 Å². The summed E-state index contributed by atoms with van der Waals surface area (Å²) in [6.07, 6.45) is 0. The molecule has 110 valence electrons. The predicted octanol–water partition coefficient (Wildman–Crippen LogP) is 5.69. The van der Waals surface area contributed by atoms with E-state index in [0.29, 0.717) is 22.8 Å². The van der Waals surface area contributed by atoms with Gasteiger partial charge in [0.05, 0.1) is 10.6 Å². The van der Waals surface area contributed by atoms with Crippen LogP contribution in [0.15, 0.2) is 39.3 Å². The lowest BCUT2D eigenvalue weighted by Gasteiger charge is -2.11. The molecule has 0 aromatic heterocycles. The molecule has 0 saturated carbocycles. The Kier molecular flexibility index (Phi) is 5.24. The van der Waals surface area contributed by atoms with E-state index in [2.05, 4.69) is 37.2 Å². The third-order valence-electron chi connectivity index (χ3n) is 2.96. The molecule has 0 atom stereocenters. The molecule has 0 saturated heterocycles. The van der Waals surface area contributed by atoms with Gasteiger partial charge in [-0.2, -0.15) is 0 Å². The number of halogens is 3. The average Bonchev–Trinajstić information content (AvgIpc) is 2.41. The molecule has 0 amide bonds. The number of benzene rings is 2. The van der Waals surface area contributed by atoms with Crippen LogP contribution in [0.25, 0.3) is 0 Å². The summed E-state index contributed by atoms with van der Waals surface area (Å²) in [6.45, 7) is 2.21. The van der Waals surface area contributed by atoms with Gasteiger partial charge >= 0.3 is 0 Å². The van der Waals surface area contributed by atoms with Crippen LogP contribution in [0.5, 0.6) is 0 Å². The average molecular weight is 435 g/mol. The van der Waals surface area contributed by atoms with Crippen molar-refractivity contribution in [3.63, 3.8) is 0 Å². The maximum absolute atomic E-state index is 11.0. The molecule has 0 spiro atoms. The van der Waals surface area contributed by atoms with Gasteiger partial charge in [-0.3, -0.25) is 10.1 Å². The van der Waals surface area contributed by atoms with E-state index in [1.165, 1.54) is 6.07 Å². The Bertz CT molecular complexity index is 708. The minimum Gasteiger partial charge on any atom is -0.380 e. The van der Waals surface area contributed by atoms with Gasteiger partial charge in [-0.05, 0) is 52.7 Å². The number of nitrogens with zero attached hydrogens (tertiary/aromatic N) is 1. The lowest BCUT2D eigenvalue weighted by atomic mass is 10.1. The summed E-state index contributed by atoms with van der Waals surface area (Å²) in [5, 5.41) is 14.8. The molecule has 0 radical (unpaired) electrons. The molecule has 21 heavy (non-hydrogen) atoms. The Labute approximate surface area is 143 Å². The van der Waals surface area contributed by atoms with E-state index in [1.54, 1.807) is 19.1 Å². The molecule has 0 unspecified atom stereocenters.